The van der Waals surface area contributed by atoms with E-state index in [1.165, 1.54) is 18.2 Å². The molecule has 11 heteroatoms. The highest BCUT2D eigenvalue weighted by atomic mass is 19.3. The predicted molar refractivity (Wildman–Crippen MR) is 201 cm³/mol. The molecule has 0 spiro atoms. The van der Waals surface area contributed by atoms with Gasteiger partial charge in [-0.15, -0.1) is 0 Å². The van der Waals surface area contributed by atoms with E-state index in [-0.39, 0.29) is 62.9 Å². The van der Waals surface area contributed by atoms with Crippen LogP contribution in [0.15, 0.2) is 24.3 Å². The summed E-state index contributed by atoms with van der Waals surface area (Å²) in [4.78, 5) is 38.4. The summed E-state index contributed by atoms with van der Waals surface area (Å²) < 4.78 is 70.9. The topological polar surface area (TPSA) is 82.1 Å². The van der Waals surface area contributed by atoms with E-state index in [0.717, 1.165) is 103 Å². The van der Waals surface area contributed by atoms with Gasteiger partial charge in [-0.1, -0.05) is 83.8 Å². The highest BCUT2D eigenvalue weighted by Gasteiger charge is 2.26. The van der Waals surface area contributed by atoms with Crippen LogP contribution in [-0.4, -0.2) is 74.6 Å². The van der Waals surface area contributed by atoms with Crippen molar-refractivity contribution in [2.75, 3.05) is 33.9 Å². The maximum atomic E-state index is 13.8. The zero-order chi connectivity index (χ0) is 38.9. The summed E-state index contributed by atoms with van der Waals surface area (Å²) in [5.41, 5.74) is 0. The van der Waals surface area contributed by atoms with Crippen LogP contribution in [-0.2, 0) is 28.6 Å². The molecule has 0 aliphatic rings. The Morgan fingerprint density at radius 2 is 1.12 bits per heavy atom. The van der Waals surface area contributed by atoms with Gasteiger partial charge in [-0.05, 0) is 90.6 Å². The molecule has 0 saturated heterocycles. The SMILES string of the molecule is CCCCCC(F)(F)/C=C/COC(=O)CCCCCCCC(CCCCCCCC(=O)OC/C=C/CC(F)(F)CCCC)OC(=O)CCCN(C)C. The second-order valence-electron chi connectivity index (χ2n) is 14.3. The zero-order valence-corrected chi connectivity index (χ0v) is 32.9. The van der Waals surface area contributed by atoms with Crippen LogP contribution in [0.1, 0.15) is 168 Å². The normalized spacial score (nSPS) is 12.9. The van der Waals surface area contributed by atoms with Crippen molar-refractivity contribution in [3.05, 3.63) is 24.3 Å². The lowest BCUT2D eigenvalue weighted by Gasteiger charge is -2.18. The van der Waals surface area contributed by atoms with Crippen LogP contribution in [0.4, 0.5) is 17.6 Å². The van der Waals surface area contributed by atoms with Crippen molar-refractivity contribution in [2.45, 2.75) is 186 Å². The fraction of sp³-hybridized carbons (Fsp3) is 0.829. The maximum absolute atomic E-state index is 13.8. The van der Waals surface area contributed by atoms with E-state index in [1.54, 1.807) is 0 Å². The molecule has 0 N–H and O–H groups in total. The number of hydrogen-bond acceptors (Lipinski definition) is 7. The zero-order valence-electron chi connectivity index (χ0n) is 32.9. The van der Waals surface area contributed by atoms with Gasteiger partial charge in [0.15, 0.2) is 0 Å². The molecule has 0 saturated carbocycles. The van der Waals surface area contributed by atoms with E-state index in [4.69, 9.17) is 14.2 Å². The first-order valence-corrected chi connectivity index (χ1v) is 20.0. The fourth-order valence-corrected chi connectivity index (χ4v) is 5.59. The highest BCUT2D eigenvalue weighted by Crippen LogP contribution is 2.26. The van der Waals surface area contributed by atoms with Gasteiger partial charge in [0.1, 0.15) is 19.3 Å². The number of ether oxygens (including phenoxy) is 3. The van der Waals surface area contributed by atoms with Gasteiger partial charge in [0.25, 0.3) is 11.8 Å². The average Bonchev–Trinajstić information content (AvgIpc) is 3.07. The largest absolute Gasteiger partial charge is 0.462 e. The number of halogens is 4. The van der Waals surface area contributed by atoms with E-state index in [1.807, 2.05) is 32.8 Å². The molecule has 0 fully saturated rings. The van der Waals surface area contributed by atoms with Crippen molar-refractivity contribution >= 4 is 17.9 Å². The number of unbranched alkanes of at least 4 members (excludes halogenated alkanes) is 11. The van der Waals surface area contributed by atoms with Gasteiger partial charge in [0, 0.05) is 38.5 Å². The summed E-state index contributed by atoms with van der Waals surface area (Å²) in [6.45, 7) is 4.54. The molecule has 0 heterocycles. The highest BCUT2D eigenvalue weighted by molar-refractivity contribution is 5.70. The Hall–Kier alpha value is -2.43. The molecule has 0 radical (unpaired) electrons. The quantitative estimate of drug-likeness (QED) is 0.0210. The second kappa shape index (κ2) is 32.0. The van der Waals surface area contributed by atoms with Crippen LogP contribution in [0.5, 0.6) is 0 Å². The monoisotopic (exact) mass is 750 g/mol. The summed E-state index contributed by atoms with van der Waals surface area (Å²) in [6, 6.07) is 0. The summed E-state index contributed by atoms with van der Waals surface area (Å²) in [5.74, 6) is -6.46. The number of rotatable bonds is 35. The lowest BCUT2D eigenvalue weighted by molar-refractivity contribution is -0.150. The number of nitrogens with zero attached hydrogens (tertiary/aromatic N) is 1. The van der Waals surface area contributed by atoms with Gasteiger partial charge in [0.2, 0.25) is 0 Å². The second-order valence-corrected chi connectivity index (χ2v) is 14.3. The Kier molecular flexibility index (Phi) is 30.5. The Labute approximate surface area is 312 Å². The first-order valence-electron chi connectivity index (χ1n) is 20.0. The van der Waals surface area contributed by atoms with Gasteiger partial charge in [-0.3, -0.25) is 14.4 Å². The van der Waals surface area contributed by atoms with Gasteiger partial charge in [-0.25, -0.2) is 17.6 Å². The number of carbonyl (C=O) groups excluding carboxylic acids is 3. The number of alkyl halides is 4. The summed E-state index contributed by atoms with van der Waals surface area (Å²) >= 11 is 0. The maximum Gasteiger partial charge on any atom is 0.306 e. The van der Waals surface area contributed by atoms with Crippen LogP contribution in [0.25, 0.3) is 0 Å². The van der Waals surface area contributed by atoms with Gasteiger partial charge in [0.05, 0.1) is 0 Å². The van der Waals surface area contributed by atoms with Crippen LogP contribution in [0, 0.1) is 0 Å². The van der Waals surface area contributed by atoms with E-state index < -0.39 is 11.8 Å². The van der Waals surface area contributed by atoms with Gasteiger partial charge in [-0.2, -0.15) is 0 Å². The Morgan fingerprint density at radius 3 is 1.67 bits per heavy atom. The van der Waals surface area contributed by atoms with Gasteiger partial charge < -0.3 is 19.1 Å². The van der Waals surface area contributed by atoms with Crippen molar-refractivity contribution in [2.24, 2.45) is 0 Å². The minimum atomic E-state index is -2.87. The Bertz CT molecular complexity index is 973. The molecular formula is C41H71F4NO6. The van der Waals surface area contributed by atoms with Crippen molar-refractivity contribution in [3.8, 4) is 0 Å². The smallest absolute Gasteiger partial charge is 0.306 e. The summed E-state index contributed by atoms with van der Waals surface area (Å²) in [7, 11) is 3.94. The molecule has 0 aromatic carbocycles. The minimum absolute atomic E-state index is 0.0114. The van der Waals surface area contributed by atoms with Crippen LogP contribution >= 0.6 is 0 Å². The van der Waals surface area contributed by atoms with Crippen molar-refractivity contribution < 1.29 is 46.2 Å². The third-order valence-corrected chi connectivity index (χ3v) is 8.73. The van der Waals surface area contributed by atoms with E-state index in [0.29, 0.717) is 38.5 Å². The fourth-order valence-electron chi connectivity index (χ4n) is 5.59. The molecule has 0 aliphatic heterocycles. The van der Waals surface area contributed by atoms with Crippen LogP contribution in [0.3, 0.4) is 0 Å². The van der Waals surface area contributed by atoms with Crippen LogP contribution in [0.2, 0.25) is 0 Å². The molecule has 0 bridgehead atoms. The lowest BCUT2D eigenvalue weighted by atomic mass is 10.0. The molecule has 1 unspecified atom stereocenters. The van der Waals surface area contributed by atoms with Crippen molar-refractivity contribution in [1.29, 1.82) is 0 Å². The van der Waals surface area contributed by atoms with E-state index in [2.05, 4.69) is 0 Å². The molecule has 1 atom stereocenters. The van der Waals surface area contributed by atoms with Gasteiger partial charge >= 0.3 is 17.9 Å². The Balaban J connectivity index is 4.27. The molecule has 7 nitrogen and oxygen atoms in total. The summed E-state index contributed by atoms with van der Waals surface area (Å²) in [5, 5.41) is 0. The molecular weight excluding hydrogens is 678 g/mol. The van der Waals surface area contributed by atoms with E-state index >= 15 is 0 Å². The number of allylic oxidation sites excluding steroid dienone is 2. The first-order chi connectivity index (χ1) is 24.8. The Morgan fingerprint density at radius 1 is 0.596 bits per heavy atom. The minimum Gasteiger partial charge on any atom is -0.462 e. The lowest BCUT2D eigenvalue weighted by Crippen LogP contribution is -2.20. The number of carbonyl (C=O) groups is 3. The van der Waals surface area contributed by atoms with E-state index in [9.17, 15) is 31.9 Å². The third-order valence-electron chi connectivity index (χ3n) is 8.73. The molecule has 0 aromatic rings. The first kappa shape index (κ1) is 49.6. The van der Waals surface area contributed by atoms with Crippen LogP contribution < -0.4 is 0 Å². The molecule has 0 aliphatic carbocycles. The predicted octanol–water partition coefficient (Wildman–Crippen LogP) is 11.3. The standard InChI is InChI=1S/C41H71F4NO6/c1-5-7-19-30-41(44,45)32-23-35-51-38(48)27-18-14-10-12-16-25-36(52-39(49)28-22-33-46(3)4)24-15-11-9-13-17-26-37(47)50-34-21-20-31-40(42,43)29-8-6-2/h20-21,23,32,36H,5-19,22,24-31,33-35H2,1-4H3/b21-20+,32-23+. The molecule has 52 heavy (non-hydrogen) atoms. The molecule has 0 rings (SSSR count). The van der Waals surface area contributed by atoms with Crippen molar-refractivity contribution in [1.82, 2.24) is 4.90 Å². The summed E-state index contributed by atoms with van der Waals surface area (Å²) in [6.07, 6.45) is 19.5. The average molecular weight is 750 g/mol. The van der Waals surface area contributed by atoms with Crippen molar-refractivity contribution in [3.63, 3.8) is 0 Å². The number of hydrogen-bond donors (Lipinski definition) is 0. The number of esters is 3. The molecule has 0 amide bonds. The third kappa shape index (κ3) is 33.4. The molecule has 0 aromatic heterocycles. The molecule has 304 valence electrons.